The van der Waals surface area contributed by atoms with Crippen LogP contribution in [0.15, 0.2) is 36.8 Å². The maximum Gasteiger partial charge on any atom is 0.221 e. The second-order valence-corrected chi connectivity index (χ2v) is 6.48. The van der Waals surface area contributed by atoms with Crippen LogP contribution in [-0.2, 0) is 17.6 Å². The van der Waals surface area contributed by atoms with Gasteiger partial charge in [0, 0.05) is 30.5 Å². The van der Waals surface area contributed by atoms with E-state index in [4.69, 9.17) is 0 Å². The smallest absolute Gasteiger partial charge is 0.221 e. The lowest BCUT2D eigenvalue weighted by molar-refractivity contribution is -0.114. The van der Waals surface area contributed by atoms with Crippen molar-refractivity contribution in [1.82, 2.24) is 15.0 Å². The monoisotopic (exact) mass is 351 g/mol. The number of carbonyl (C=O) groups is 1. The van der Waals surface area contributed by atoms with E-state index < -0.39 is 0 Å². The minimum Gasteiger partial charge on any atom is -0.366 e. The van der Waals surface area contributed by atoms with Gasteiger partial charge in [-0.05, 0) is 42.7 Å². The van der Waals surface area contributed by atoms with Crippen molar-refractivity contribution >= 4 is 28.3 Å². The van der Waals surface area contributed by atoms with Gasteiger partial charge in [-0.2, -0.15) is 0 Å². The third-order valence-electron chi connectivity index (χ3n) is 4.52. The Hall–Kier alpha value is -3.09. The number of anilines is 2. The maximum absolute atomic E-state index is 13.6. The topological polar surface area (TPSA) is 79.8 Å². The molecule has 0 saturated heterocycles. The summed E-state index contributed by atoms with van der Waals surface area (Å²) < 4.78 is 13.6. The Morgan fingerprint density at radius 1 is 1.23 bits per heavy atom. The van der Waals surface area contributed by atoms with Gasteiger partial charge in [-0.3, -0.25) is 9.78 Å². The molecular weight excluding hydrogens is 333 g/mol. The van der Waals surface area contributed by atoms with Crippen LogP contribution in [0.25, 0.3) is 10.9 Å². The van der Waals surface area contributed by atoms with Gasteiger partial charge in [0.25, 0.3) is 0 Å². The molecule has 2 heterocycles. The van der Waals surface area contributed by atoms with Gasteiger partial charge in [-0.15, -0.1) is 0 Å². The van der Waals surface area contributed by atoms with Crippen LogP contribution >= 0.6 is 0 Å². The largest absolute Gasteiger partial charge is 0.366 e. The van der Waals surface area contributed by atoms with Crippen LogP contribution in [0.2, 0.25) is 0 Å². The van der Waals surface area contributed by atoms with E-state index in [9.17, 15) is 9.18 Å². The molecule has 1 amide bonds. The molecule has 1 unspecified atom stereocenters. The van der Waals surface area contributed by atoms with E-state index in [1.807, 2.05) is 6.07 Å². The number of halogens is 1. The number of benzene rings is 1. The summed E-state index contributed by atoms with van der Waals surface area (Å²) in [5.41, 5.74) is 3.58. The molecule has 1 atom stereocenters. The fourth-order valence-electron chi connectivity index (χ4n) is 3.34. The minimum atomic E-state index is -0.309. The van der Waals surface area contributed by atoms with Crippen molar-refractivity contribution < 1.29 is 9.18 Å². The molecule has 132 valence electrons. The van der Waals surface area contributed by atoms with Gasteiger partial charge in [-0.1, -0.05) is 0 Å². The van der Waals surface area contributed by atoms with E-state index in [0.29, 0.717) is 16.7 Å². The number of aryl methyl sites for hydroxylation is 1. The van der Waals surface area contributed by atoms with E-state index in [1.165, 1.54) is 25.4 Å². The number of aromatic nitrogens is 3. The molecule has 26 heavy (non-hydrogen) atoms. The van der Waals surface area contributed by atoms with Crippen molar-refractivity contribution in [2.45, 2.75) is 32.2 Å². The van der Waals surface area contributed by atoms with Gasteiger partial charge >= 0.3 is 0 Å². The van der Waals surface area contributed by atoms with E-state index in [1.54, 1.807) is 12.3 Å². The average Bonchev–Trinajstić information content (AvgIpc) is 2.62. The minimum absolute atomic E-state index is 0.107. The summed E-state index contributed by atoms with van der Waals surface area (Å²) in [4.78, 5) is 24.1. The number of hydrogen-bond donors (Lipinski definition) is 2. The molecule has 2 aromatic heterocycles. The fourth-order valence-corrected chi connectivity index (χ4v) is 3.34. The zero-order valence-corrected chi connectivity index (χ0v) is 14.3. The van der Waals surface area contributed by atoms with Crippen LogP contribution < -0.4 is 10.6 Å². The molecule has 0 aliphatic heterocycles. The standard InChI is InChI=1S/C19H18FN5O/c1-11(26)24-15-6-12-2-4-14(8-18(12)21-9-15)25-19-16-7-13(20)3-5-17(16)22-10-23-19/h3,5-7,9-10,14H,2,4,8H2,1H3,(H,24,26)(H,22,23,25). The van der Waals surface area contributed by atoms with E-state index in [-0.39, 0.29) is 17.8 Å². The molecule has 6 nitrogen and oxygen atoms in total. The third-order valence-corrected chi connectivity index (χ3v) is 4.52. The molecule has 3 aromatic rings. The Morgan fingerprint density at radius 3 is 2.96 bits per heavy atom. The third kappa shape index (κ3) is 3.33. The molecule has 1 aliphatic carbocycles. The van der Waals surface area contributed by atoms with Crippen LogP contribution in [0, 0.1) is 5.82 Å². The van der Waals surface area contributed by atoms with Gasteiger partial charge in [0.1, 0.15) is 18.0 Å². The van der Waals surface area contributed by atoms with E-state index in [0.717, 1.165) is 36.2 Å². The van der Waals surface area contributed by atoms with Gasteiger partial charge < -0.3 is 10.6 Å². The van der Waals surface area contributed by atoms with Crippen molar-refractivity contribution in [1.29, 1.82) is 0 Å². The van der Waals surface area contributed by atoms with Crippen LogP contribution in [0.4, 0.5) is 15.9 Å². The second-order valence-electron chi connectivity index (χ2n) is 6.48. The first-order valence-corrected chi connectivity index (χ1v) is 8.50. The van der Waals surface area contributed by atoms with Crippen LogP contribution in [-0.4, -0.2) is 26.9 Å². The molecule has 0 radical (unpaired) electrons. The van der Waals surface area contributed by atoms with Crippen molar-refractivity contribution in [3.8, 4) is 0 Å². The molecule has 0 fully saturated rings. The number of nitrogens with one attached hydrogen (secondary N) is 2. The predicted molar refractivity (Wildman–Crippen MR) is 97.5 cm³/mol. The molecule has 0 spiro atoms. The van der Waals surface area contributed by atoms with Gasteiger partial charge in [0.15, 0.2) is 0 Å². The van der Waals surface area contributed by atoms with Crippen molar-refractivity contribution in [2.24, 2.45) is 0 Å². The molecule has 0 bridgehead atoms. The highest BCUT2D eigenvalue weighted by Crippen LogP contribution is 2.26. The zero-order chi connectivity index (χ0) is 18.1. The summed E-state index contributed by atoms with van der Waals surface area (Å²) in [5, 5.41) is 6.85. The number of rotatable bonds is 3. The lowest BCUT2D eigenvalue weighted by Gasteiger charge is -2.26. The Balaban J connectivity index is 1.55. The summed E-state index contributed by atoms with van der Waals surface area (Å²) in [6, 6.07) is 6.63. The number of carbonyl (C=O) groups excluding carboxylic acids is 1. The van der Waals surface area contributed by atoms with Crippen LogP contribution in [0.1, 0.15) is 24.6 Å². The molecule has 4 rings (SSSR count). The van der Waals surface area contributed by atoms with Crippen molar-refractivity contribution in [3.05, 3.63) is 53.9 Å². The summed E-state index contributed by atoms with van der Waals surface area (Å²) in [6.07, 6.45) is 5.66. The summed E-state index contributed by atoms with van der Waals surface area (Å²) in [6.45, 7) is 1.48. The number of pyridine rings is 1. The molecular formula is C19H18FN5O. The lowest BCUT2D eigenvalue weighted by atomic mass is 9.91. The summed E-state index contributed by atoms with van der Waals surface area (Å²) in [7, 11) is 0. The van der Waals surface area contributed by atoms with Crippen molar-refractivity contribution in [2.75, 3.05) is 10.6 Å². The first-order chi connectivity index (χ1) is 12.6. The maximum atomic E-state index is 13.6. The quantitative estimate of drug-likeness (QED) is 0.758. The number of nitrogens with zero attached hydrogens (tertiary/aromatic N) is 3. The summed E-state index contributed by atoms with van der Waals surface area (Å²) >= 11 is 0. The lowest BCUT2D eigenvalue weighted by Crippen LogP contribution is -2.28. The first kappa shape index (κ1) is 16.4. The Kier molecular flexibility index (Phi) is 4.20. The Bertz CT molecular complexity index is 991. The van der Waals surface area contributed by atoms with E-state index in [2.05, 4.69) is 25.6 Å². The van der Waals surface area contributed by atoms with Crippen molar-refractivity contribution in [3.63, 3.8) is 0 Å². The van der Waals surface area contributed by atoms with Crippen LogP contribution in [0.5, 0.6) is 0 Å². The highest BCUT2D eigenvalue weighted by atomic mass is 19.1. The molecule has 7 heteroatoms. The van der Waals surface area contributed by atoms with Gasteiger partial charge in [-0.25, -0.2) is 14.4 Å². The average molecular weight is 351 g/mol. The normalized spacial score (nSPS) is 16.2. The number of hydrogen-bond acceptors (Lipinski definition) is 5. The highest BCUT2D eigenvalue weighted by molar-refractivity contribution is 5.89. The van der Waals surface area contributed by atoms with Gasteiger partial charge in [0.05, 0.1) is 17.4 Å². The SMILES string of the molecule is CC(=O)Nc1cnc2c(c1)CCC(Nc1ncnc3ccc(F)cc13)C2. The number of fused-ring (bicyclic) bond motifs is 2. The zero-order valence-electron chi connectivity index (χ0n) is 14.3. The Labute approximate surface area is 149 Å². The highest BCUT2D eigenvalue weighted by Gasteiger charge is 2.21. The van der Waals surface area contributed by atoms with E-state index >= 15 is 0 Å². The first-order valence-electron chi connectivity index (χ1n) is 8.50. The Morgan fingerprint density at radius 2 is 2.12 bits per heavy atom. The van der Waals surface area contributed by atoms with Gasteiger partial charge in [0.2, 0.25) is 5.91 Å². The predicted octanol–water partition coefficient (Wildman–Crippen LogP) is 3.09. The molecule has 0 saturated carbocycles. The molecule has 1 aromatic carbocycles. The fraction of sp³-hybridized carbons (Fsp3) is 0.263. The van der Waals surface area contributed by atoms with Crippen LogP contribution in [0.3, 0.4) is 0 Å². The second kappa shape index (κ2) is 6.67. The molecule has 1 aliphatic rings. The molecule has 2 N–H and O–H groups in total. The number of amides is 1. The summed E-state index contributed by atoms with van der Waals surface area (Å²) in [5.74, 6) is 0.222.